The van der Waals surface area contributed by atoms with Gasteiger partial charge in [-0.1, -0.05) is 13.3 Å². The fourth-order valence-corrected chi connectivity index (χ4v) is 2.84. The molecule has 3 N–H and O–H groups in total. The van der Waals surface area contributed by atoms with Gasteiger partial charge in [0.2, 0.25) is 0 Å². The molecule has 1 aliphatic rings. The summed E-state index contributed by atoms with van der Waals surface area (Å²) in [4.78, 5) is 0. The van der Waals surface area contributed by atoms with Crippen molar-refractivity contribution < 1.29 is 8.42 Å². The van der Waals surface area contributed by atoms with Crippen molar-refractivity contribution in [1.29, 1.82) is 0 Å². The van der Waals surface area contributed by atoms with Crippen LogP contribution in [0.25, 0.3) is 0 Å². The number of hydrogen-bond donors (Lipinski definition) is 2. The van der Waals surface area contributed by atoms with Crippen molar-refractivity contribution in [3.05, 3.63) is 0 Å². The first-order valence-corrected chi connectivity index (χ1v) is 7.39. The van der Waals surface area contributed by atoms with E-state index in [0.29, 0.717) is 19.0 Å². The Morgan fingerprint density at radius 2 is 2.06 bits per heavy atom. The van der Waals surface area contributed by atoms with Gasteiger partial charge in [-0.05, 0) is 25.2 Å². The molecular weight excluding hydrogens is 262 g/mol. The Morgan fingerprint density at radius 3 is 2.47 bits per heavy atom. The Hall–Kier alpha value is 0.120. The standard InChI is InChI=1S/C10H23N3O2S.ClH/c1-3-4-7-13(2)16(14,15)12-10(8-11)9-5-6-9;/h9-10,12H,3-8,11H2,1-2H3;1H. The van der Waals surface area contributed by atoms with Gasteiger partial charge in [0.05, 0.1) is 0 Å². The topological polar surface area (TPSA) is 75.4 Å². The highest BCUT2D eigenvalue weighted by molar-refractivity contribution is 7.87. The highest BCUT2D eigenvalue weighted by Crippen LogP contribution is 2.32. The number of nitrogens with one attached hydrogen (secondary N) is 1. The summed E-state index contributed by atoms with van der Waals surface area (Å²) < 4.78 is 27.9. The van der Waals surface area contributed by atoms with Gasteiger partial charge in [-0.3, -0.25) is 0 Å². The number of rotatable bonds is 8. The van der Waals surface area contributed by atoms with E-state index < -0.39 is 10.2 Å². The van der Waals surface area contributed by atoms with Gasteiger partial charge in [0.15, 0.2) is 0 Å². The van der Waals surface area contributed by atoms with E-state index in [4.69, 9.17) is 5.73 Å². The van der Waals surface area contributed by atoms with Crippen molar-refractivity contribution in [2.24, 2.45) is 11.7 Å². The molecule has 0 aromatic heterocycles. The van der Waals surface area contributed by atoms with Gasteiger partial charge < -0.3 is 5.73 Å². The second kappa shape index (κ2) is 7.53. The summed E-state index contributed by atoms with van der Waals surface area (Å²) in [6, 6.07) is -0.0888. The van der Waals surface area contributed by atoms with Crippen LogP contribution >= 0.6 is 12.4 Å². The van der Waals surface area contributed by atoms with E-state index in [1.54, 1.807) is 7.05 Å². The summed E-state index contributed by atoms with van der Waals surface area (Å²) in [6.45, 7) is 2.99. The minimum Gasteiger partial charge on any atom is -0.329 e. The van der Waals surface area contributed by atoms with Gasteiger partial charge >= 0.3 is 0 Å². The van der Waals surface area contributed by atoms with E-state index in [-0.39, 0.29) is 18.4 Å². The minimum absolute atomic E-state index is 0. The van der Waals surface area contributed by atoms with Crippen LogP contribution < -0.4 is 10.5 Å². The zero-order valence-electron chi connectivity index (χ0n) is 10.6. The maximum absolute atomic E-state index is 11.9. The molecule has 0 aromatic rings. The van der Waals surface area contributed by atoms with Crippen molar-refractivity contribution in [2.45, 2.75) is 38.6 Å². The van der Waals surface area contributed by atoms with Gasteiger partial charge in [0.25, 0.3) is 10.2 Å². The number of unbranched alkanes of at least 4 members (excludes halogenated alkanes) is 1. The molecule has 0 radical (unpaired) electrons. The Morgan fingerprint density at radius 1 is 1.47 bits per heavy atom. The van der Waals surface area contributed by atoms with Crippen LogP contribution in [-0.2, 0) is 10.2 Å². The fraction of sp³-hybridized carbons (Fsp3) is 1.00. The molecule has 1 unspecified atom stereocenters. The number of hydrogen-bond acceptors (Lipinski definition) is 3. The van der Waals surface area contributed by atoms with Crippen molar-refractivity contribution in [3.8, 4) is 0 Å². The molecular formula is C10H24ClN3O2S. The van der Waals surface area contributed by atoms with Crippen molar-refractivity contribution >= 4 is 22.6 Å². The maximum Gasteiger partial charge on any atom is 0.279 e. The number of nitrogens with two attached hydrogens (primary N) is 1. The predicted octanol–water partition coefficient (Wildman–Crippen LogP) is 0.712. The van der Waals surface area contributed by atoms with Crippen molar-refractivity contribution in [2.75, 3.05) is 20.1 Å². The van der Waals surface area contributed by atoms with Gasteiger partial charge in [-0.2, -0.15) is 17.4 Å². The molecule has 1 aliphatic carbocycles. The molecule has 17 heavy (non-hydrogen) atoms. The molecule has 1 fully saturated rings. The quantitative estimate of drug-likeness (QED) is 0.690. The smallest absolute Gasteiger partial charge is 0.279 e. The van der Waals surface area contributed by atoms with Crippen LogP contribution in [0.2, 0.25) is 0 Å². The molecule has 0 bridgehead atoms. The molecule has 0 spiro atoms. The first-order valence-electron chi connectivity index (χ1n) is 5.95. The monoisotopic (exact) mass is 285 g/mol. The summed E-state index contributed by atoms with van der Waals surface area (Å²) in [5.41, 5.74) is 5.58. The van der Waals surface area contributed by atoms with Crippen LogP contribution in [0, 0.1) is 5.92 Å². The lowest BCUT2D eigenvalue weighted by Gasteiger charge is -2.22. The zero-order valence-corrected chi connectivity index (χ0v) is 12.2. The molecule has 0 amide bonds. The van der Waals surface area contributed by atoms with Crippen LogP contribution in [0.1, 0.15) is 32.6 Å². The summed E-state index contributed by atoms with van der Waals surface area (Å²) in [5, 5.41) is 0. The van der Waals surface area contributed by atoms with E-state index in [2.05, 4.69) is 4.72 Å². The third-order valence-electron chi connectivity index (χ3n) is 2.98. The van der Waals surface area contributed by atoms with Crippen molar-refractivity contribution in [1.82, 2.24) is 9.03 Å². The van der Waals surface area contributed by atoms with E-state index in [1.807, 2.05) is 6.92 Å². The molecule has 104 valence electrons. The summed E-state index contributed by atoms with van der Waals surface area (Å²) in [6.07, 6.45) is 4.04. The molecule has 0 aliphatic heterocycles. The lowest BCUT2D eigenvalue weighted by Crippen LogP contribution is -2.47. The average molecular weight is 286 g/mol. The van der Waals surface area contributed by atoms with Gasteiger partial charge in [-0.25, -0.2) is 0 Å². The van der Waals surface area contributed by atoms with E-state index in [1.165, 1.54) is 4.31 Å². The summed E-state index contributed by atoms with van der Waals surface area (Å²) >= 11 is 0. The van der Waals surface area contributed by atoms with Crippen LogP contribution in [0.5, 0.6) is 0 Å². The first-order chi connectivity index (χ1) is 7.51. The average Bonchev–Trinajstić information content (AvgIpc) is 3.06. The molecule has 1 saturated carbocycles. The number of halogens is 1. The predicted molar refractivity (Wildman–Crippen MR) is 72.4 cm³/mol. The van der Waals surface area contributed by atoms with Gasteiger partial charge in [0.1, 0.15) is 0 Å². The van der Waals surface area contributed by atoms with E-state index in [0.717, 1.165) is 25.7 Å². The minimum atomic E-state index is -3.35. The van der Waals surface area contributed by atoms with Crippen LogP contribution in [0.4, 0.5) is 0 Å². The Labute approximate surface area is 111 Å². The largest absolute Gasteiger partial charge is 0.329 e. The molecule has 1 atom stereocenters. The third-order valence-corrected chi connectivity index (χ3v) is 4.59. The molecule has 0 heterocycles. The van der Waals surface area contributed by atoms with Gasteiger partial charge in [-0.15, -0.1) is 12.4 Å². The fourth-order valence-electron chi connectivity index (χ4n) is 1.62. The second-order valence-corrected chi connectivity index (χ2v) is 6.29. The lowest BCUT2D eigenvalue weighted by atomic mass is 10.2. The lowest BCUT2D eigenvalue weighted by molar-refractivity contribution is 0.430. The molecule has 7 heteroatoms. The van der Waals surface area contributed by atoms with Crippen LogP contribution in [0.3, 0.4) is 0 Å². The first kappa shape index (κ1) is 17.1. The number of nitrogens with zero attached hydrogens (tertiary/aromatic N) is 1. The Balaban J connectivity index is 0.00000256. The zero-order chi connectivity index (χ0) is 12.2. The summed E-state index contributed by atoms with van der Waals surface area (Å²) in [5.74, 6) is 0.444. The summed E-state index contributed by atoms with van der Waals surface area (Å²) in [7, 11) is -1.74. The highest BCUT2D eigenvalue weighted by Gasteiger charge is 2.33. The molecule has 0 aromatic carbocycles. The van der Waals surface area contributed by atoms with Gasteiger partial charge in [0, 0.05) is 26.2 Å². The molecule has 0 saturated heterocycles. The SMILES string of the molecule is CCCCN(C)S(=O)(=O)NC(CN)C1CC1.Cl. The van der Waals surface area contributed by atoms with Crippen LogP contribution in [0.15, 0.2) is 0 Å². The maximum atomic E-state index is 11.9. The van der Waals surface area contributed by atoms with Crippen molar-refractivity contribution in [3.63, 3.8) is 0 Å². The normalized spacial score (nSPS) is 17.9. The second-order valence-electron chi connectivity index (χ2n) is 4.48. The molecule has 5 nitrogen and oxygen atoms in total. The van der Waals surface area contributed by atoms with Crippen LogP contribution in [-0.4, -0.2) is 38.9 Å². The third kappa shape index (κ3) is 5.52. The Kier molecular flexibility index (Phi) is 7.58. The Bertz CT molecular complexity index is 307. The highest BCUT2D eigenvalue weighted by atomic mass is 35.5. The molecule has 1 rings (SSSR count). The van der Waals surface area contributed by atoms with E-state index >= 15 is 0 Å². The van der Waals surface area contributed by atoms with E-state index in [9.17, 15) is 8.42 Å².